The number of hydrogen-bond donors (Lipinski definition) is 0. The van der Waals surface area contributed by atoms with Gasteiger partial charge >= 0.3 is 0 Å². The Morgan fingerprint density at radius 3 is 2.40 bits per heavy atom. The molecule has 1 aliphatic rings. The van der Waals surface area contributed by atoms with Crippen molar-refractivity contribution in [3.05, 3.63) is 35.4 Å². The fourth-order valence-electron chi connectivity index (χ4n) is 2.54. The highest BCUT2D eigenvalue weighted by Crippen LogP contribution is 2.27. The number of carbonyl (C=O) groups excluding carboxylic acids is 1. The predicted molar refractivity (Wildman–Crippen MR) is 74.8 cm³/mol. The van der Waals surface area contributed by atoms with Gasteiger partial charge in [0.05, 0.1) is 0 Å². The van der Waals surface area contributed by atoms with Crippen LogP contribution in [-0.4, -0.2) is 30.3 Å². The van der Waals surface area contributed by atoms with Crippen molar-refractivity contribution in [3.8, 4) is 0 Å². The Labute approximate surface area is 118 Å². The first-order valence-corrected chi connectivity index (χ1v) is 7.30. The third-order valence-corrected chi connectivity index (χ3v) is 4.03. The molecule has 1 fully saturated rings. The van der Waals surface area contributed by atoms with E-state index in [0.29, 0.717) is 13.0 Å². The minimum atomic E-state index is -0.699. The Hall–Kier alpha value is -1.29. The Kier molecular flexibility index (Phi) is 5.24. The first-order chi connectivity index (χ1) is 9.58. The molecule has 4 heteroatoms. The summed E-state index contributed by atoms with van der Waals surface area (Å²) in [5, 5.41) is 0. The van der Waals surface area contributed by atoms with E-state index in [1.165, 1.54) is 19.3 Å². The van der Waals surface area contributed by atoms with Gasteiger partial charge in [-0.05, 0) is 37.4 Å². The van der Waals surface area contributed by atoms with Gasteiger partial charge in [0.15, 0.2) is 5.78 Å². The summed E-state index contributed by atoms with van der Waals surface area (Å²) in [7, 11) is 0. The Morgan fingerprint density at radius 2 is 1.90 bits per heavy atom. The molecule has 0 amide bonds. The Balaban J connectivity index is 1.86. The fraction of sp³-hybridized carbons (Fsp3) is 0.562. The maximum atomic E-state index is 13.1. The Morgan fingerprint density at radius 1 is 1.25 bits per heavy atom. The van der Waals surface area contributed by atoms with Crippen LogP contribution >= 0.6 is 0 Å². The van der Waals surface area contributed by atoms with Gasteiger partial charge in [-0.2, -0.15) is 0 Å². The Bertz CT molecular complexity index is 451. The third-order valence-electron chi connectivity index (χ3n) is 4.03. The average molecular weight is 281 g/mol. The van der Waals surface area contributed by atoms with Crippen molar-refractivity contribution in [1.82, 2.24) is 4.90 Å². The lowest BCUT2D eigenvalue weighted by Gasteiger charge is -2.31. The number of rotatable bonds is 7. The van der Waals surface area contributed by atoms with Gasteiger partial charge in [0.2, 0.25) is 0 Å². The number of benzene rings is 1. The van der Waals surface area contributed by atoms with Crippen LogP contribution in [0.3, 0.4) is 0 Å². The number of halogens is 2. The molecule has 2 nitrogen and oxygen atoms in total. The highest BCUT2D eigenvalue weighted by atomic mass is 19.1. The van der Waals surface area contributed by atoms with Crippen molar-refractivity contribution in [2.24, 2.45) is 5.92 Å². The lowest BCUT2D eigenvalue weighted by Crippen LogP contribution is -2.34. The summed E-state index contributed by atoms with van der Waals surface area (Å²) in [6, 6.07) is 2.99. The second-order valence-electron chi connectivity index (χ2n) is 5.52. The standard InChI is InChI=1S/C16H21F2NO/c1-2-19(11-12-4-3-5-12)7-6-16(20)13-8-14(17)10-15(18)9-13/h8-10,12H,2-7,11H2,1H3. The molecule has 2 rings (SSSR count). The summed E-state index contributed by atoms with van der Waals surface area (Å²) in [6.07, 6.45) is 4.17. The average Bonchev–Trinajstić information content (AvgIpc) is 2.35. The topological polar surface area (TPSA) is 20.3 Å². The van der Waals surface area contributed by atoms with E-state index in [9.17, 15) is 13.6 Å². The number of ketones is 1. The smallest absolute Gasteiger partial charge is 0.164 e. The third kappa shape index (κ3) is 4.10. The van der Waals surface area contributed by atoms with Crippen LogP contribution in [0.15, 0.2) is 18.2 Å². The molecular formula is C16H21F2NO. The zero-order valence-corrected chi connectivity index (χ0v) is 11.9. The van der Waals surface area contributed by atoms with Crippen LogP contribution in [0.2, 0.25) is 0 Å². The molecule has 1 aromatic carbocycles. The summed E-state index contributed by atoms with van der Waals surface area (Å²) in [5.74, 6) is -0.836. The predicted octanol–water partition coefficient (Wildman–Crippen LogP) is 3.66. The van der Waals surface area contributed by atoms with Crippen LogP contribution in [0.25, 0.3) is 0 Å². The summed E-state index contributed by atoms with van der Waals surface area (Å²) >= 11 is 0. The normalized spacial score (nSPS) is 15.4. The second-order valence-corrected chi connectivity index (χ2v) is 5.52. The SMILES string of the molecule is CCN(CCC(=O)c1cc(F)cc(F)c1)CC1CCC1. The van der Waals surface area contributed by atoms with Crippen molar-refractivity contribution in [1.29, 1.82) is 0 Å². The molecule has 0 aliphatic heterocycles. The first kappa shape index (κ1) is 15.1. The van der Waals surface area contributed by atoms with Crippen molar-refractivity contribution in [2.75, 3.05) is 19.6 Å². The molecule has 0 bridgehead atoms. The maximum Gasteiger partial charge on any atom is 0.164 e. The van der Waals surface area contributed by atoms with E-state index in [2.05, 4.69) is 11.8 Å². The number of hydrogen-bond acceptors (Lipinski definition) is 2. The molecule has 0 saturated heterocycles. The minimum absolute atomic E-state index is 0.127. The van der Waals surface area contributed by atoms with E-state index in [4.69, 9.17) is 0 Å². The van der Waals surface area contributed by atoms with E-state index >= 15 is 0 Å². The molecule has 0 aromatic heterocycles. The van der Waals surface area contributed by atoms with E-state index in [0.717, 1.165) is 37.2 Å². The summed E-state index contributed by atoms with van der Waals surface area (Å²) in [6.45, 7) is 4.66. The van der Waals surface area contributed by atoms with Gasteiger partial charge in [-0.25, -0.2) is 8.78 Å². The lowest BCUT2D eigenvalue weighted by atomic mass is 9.85. The summed E-state index contributed by atoms with van der Waals surface area (Å²) in [5.41, 5.74) is 0.127. The summed E-state index contributed by atoms with van der Waals surface area (Å²) < 4.78 is 26.2. The van der Waals surface area contributed by atoms with Gasteiger partial charge in [-0.3, -0.25) is 4.79 Å². The van der Waals surface area contributed by atoms with Crippen LogP contribution in [0, 0.1) is 17.6 Å². The van der Waals surface area contributed by atoms with Gasteiger partial charge in [0.25, 0.3) is 0 Å². The lowest BCUT2D eigenvalue weighted by molar-refractivity contribution is 0.0953. The molecule has 0 radical (unpaired) electrons. The van der Waals surface area contributed by atoms with Crippen molar-refractivity contribution < 1.29 is 13.6 Å². The van der Waals surface area contributed by atoms with E-state index in [1.54, 1.807) is 0 Å². The zero-order valence-electron chi connectivity index (χ0n) is 11.9. The van der Waals surface area contributed by atoms with Gasteiger partial charge in [-0.1, -0.05) is 13.3 Å². The number of nitrogens with zero attached hydrogens (tertiary/aromatic N) is 1. The molecule has 0 heterocycles. The molecule has 20 heavy (non-hydrogen) atoms. The largest absolute Gasteiger partial charge is 0.303 e. The number of carbonyl (C=O) groups is 1. The zero-order chi connectivity index (χ0) is 14.5. The van der Waals surface area contributed by atoms with E-state index in [-0.39, 0.29) is 11.3 Å². The molecule has 0 unspecified atom stereocenters. The van der Waals surface area contributed by atoms with Crippen LogP contribution in [0.4, 0.5) is 8.78 Å². The molecule has 0 spiro atoms. The molecule has 1 aliphatic carbocycles. The van der Waals surface area contributed by atoms with Gasteiger partial charge < -0.3 is 4.90 Å². The van der Waals surface area contributed by atoms with Crippen LogP contribution in [0.1, 0.15) is 43.0 Å². The molecule has 0 atom stereocenters. The monoisotopic (exact) mass is 281 g/mol. The van der Waals surface area contributed by atoms with Crippen molar-refractivity contribution >= 4 is 5.78 Å². The van der Waals surface area contributed by atoms with Crippen LogP contribution in [0.5, 0.6) is 0 Å². The van der Waals surface area contributed by atoms with E-state index < -0.39 is 11.6 Å². The highest BCUT2D eigenvalue weighted by molar-refractivity contribution is 5.96. The van der Waals surface area contributed by atoms with Gasteiger partial charge in [-0.15, -0.1) is 0 Å². The molecule has 1 aromatic rings. The van der Waals surface area contributed by atoms with Gasteiger partial charge in [0.1, 0.15) is 11.6 Å². The second kappa shape index (κ2) is 6.93. The maximum absolute atomic E-state index is 13.1. The number of Topliss-reactive ketones (excluding diaryl/α,β-unsaturated/α-hetero) is 1. The van der Waals surface area contributed by atoms with Gasteiger partial charge in [0, 0.05) is 31.1 Å². The van der Waals surface area contributed by atoms with E-state index in [1.807, 2.05) is 0 Å². The molecule has 0 N–H and O–H groups in total. The van der Waals surface area contributed by atoms with Crippen molar-refractivity contribution in [3.63, 3.8) is 0 Å². The van der Waals surface area contributed by atoms with Crippen LogP contribution < -0.4 is 0 Å². The van der Waals surface area contributed by atoms with Crippen molar-refractivity contribution in [2.45, 2.75) is 32.6 Å². The first-order valence-electron chi connectivity index (χ1n) is 7.30. The molecular weight excluding hydrogens is 260 g/mol. The minimum Gasteiger partial charge on any atom is -0.303 e. The fourth-order valence-corrected chi connectivity index (χ4v) is 2.54. The molecule has 110 valence electrons. The quantitative estimate of drug-likeness (QED) is 0.711. The highest BCUT2D eigenvalue weighted by Gasteiger charge is 2.20. The van der Waals surface area contributed by atoms with Crippen LogP contribution in [-0.2, 0) is 0 Å². The molecule has 1 saturated carbocycles. The summed E-state index contributed by atoms with van der Waals surface area (Å²) in [4.78, 5) is 14.2.